The SMILES string of the molecule is CCC(C)OC(c1ncc(C)cn1)C(C)S(N)(=O)=O. The molecule has 0 saturated carbocycles. The lowest BCUT2D eigenvalue weighted by molar-refractivity contribution is -0.00993. The summed E-state index contributed by atoms with van der Waals surface area (Å²) in [6.45, 7) is 7.19. The molecule has 0 amide bonds. The molecule has 0 spiro atoms. The molecule has 0 aliphatic rings. The van der Waals surface area contributed by atoms with Crippen LogP contribution in [0.2, 0.25) is 0 Å². The summed E-state index contributed by atoms with van der Waals surface area (Å²) in [5.41, 5.74) is 0.897. The van der Waals surface area contributed by atoms with Crippen molar-refractivity contribution in [3.8, 4) is 0 Å². The van der Waals surface area contributed by atoms with Crippen LogP contribution in [-0.4, -0.2) is 29.7 Å². The van der Waals surface area contributed by atoms with Gasteiger partial charge < -0.3 is 4.74 Å². The van der Waals surface area contributed by atoms with Crippen molar-refractivity contribution in [3.05, 3.63) is 23.8 Å². The van der Waals surface area contributed by atoms with E-state index in [1.807, 2.05) is 20.8 Å². The first kappa shape index (κ1) is 16.0. The maximum Gasteiger partial charge on any atom is 0.214 e. The zero-order valence-electron chi connectivity index (χ0n) is 11.7. The van der Waals surface area contributed by atoms with Gasteiger partial charge in [-0.25, -0.2) is 23.5 Å². The van der Waals surface area contributed by atoms with Crippen LogP contribution in [0.4, 0.5) is 0 Å². The Balaban J connectivity index is 3.08. The second-order valence-electron chi connectivity index (χ2n) is 4.69. The van der Waals surface area contributed by atoms with Crippen molar-refractivity contribution in [2.45, 2.75) is 51.6 Å². The molecule has 19 heavy (non-hydrogen) atoms. The summed E-state index contributed by atoms with van der Waals surface area (Å²) in [5.74, 6) is 0.340. The van der Waals surface area contributed by atoms with Crippen LogP contribution < -0.4 is 5.14 Å². The van der Waals surface area contributed by atoms with E-state index in [-0.39, 0.29) is 6.10 Å². The smallest absolute Gasteiger partial charge is 0.214 e. The van der Waals surface area contributed by atoms with Crippen molar-refractivity contribution in [2.75, 3.05) is 0 Å². The molecular formula is C12H21N3O3S. The number of primary sulfonamides is 1. The fraction of sp³-hybridized carbons (Fsp3) is 0.667. The molecule has 1 aromatic rings. The zero-order chi connectivity index (χ0) is 14.6. The standard InChI is InChI=1S/C12H21N3O3S/c1-5-9(3)18-11(10(4)19(13,16)17)12-14-6-8(2)7-15-12/h6-7,9-11H,5H2,1-4H3,(H2,13,16,17). The van der Waals surface area contributed by atoms with E-state index in [0.29, 0.717) is 5.82 Å². The van der Waals surface area contributed by atoms with E-state index in [0.717, 1.165) is 12.0 Å². The van der Waals surface area contributed by atoms with Gasteiger partial charge in [0.2, 0.25) is 10.0 Å². The lowest BCUT2D eigenvalue weighted by atomic mass is 10.2. The molecule has 7 heteroatoms. The first-order valence-corrected chi connectivity index (χ1v) is 7.82. The van der Waals surface area contributed by atoms with Gasteiger partial charge in [-0.1, -0.05) is 6.92 Å². The third-order valence-electron chi connectivity index (χ3n) is 2.95. The Labute approximate surface area is 114 Å². The van der Waals surface area contributed by atoms with E-state index in [2.05, 4.69) is 9.97 Å². The minimum absolute atomic E-state index is 0.0981. The van der Waals surface area contributed by atoms with Gasteiger partial charge in [-0.15, -0.1) is 0 Å². The van der Waals surface area contributed by atoms with E-state index < -0.39 is 21.4 Å². The monoisotopic (exact) mass is 287 g/mol. The van der Waals surface area contributed by atoms with Crippen LogP contribution in [0, 0.1) is 6.92 Å². The minimum Gasteiger partial charge on any atom is -0.366 e. The number of rotatable bonds is 6. The van der Waals surface area contributed by atoms with Crippen molar-refractivity contribution in [1.29, 1.82) is 0 Å². The molecule has 0 aliphatic carbocycles. The third kappa shape index (κ3) is 4.52. The Kier molecular flexibility index (Phi) is 5.39. The molecular weight excluding hydrogens is 266 g/mol. The molecule has 0 saturated heterocycles. The van der Waals surface area contributed by atoms with Gasteiger partial charge in [-0.2, -0.15) is 0 Å². The summed E-state index contributed by atoms with van der Waals surface area (Å²) in [6.07, 6.45) is 3.17. The second-order valence-corrected chi connectivity index (χ2v) is 6.61. The highest BCUT2D eigenvalue weighted by molar-refractivity contribution is 7.89. The number of nitrogens with two attached hydrogens (primary N) is 1. The number of ether oxygens (including phenoxy) is 1. The zero-order valence-corrected chi connectivity index (χ0v) is 12.5. The number of sulfonamides is 1. The molecule has 1 aromatic heterocycles. The van der Waals surface area contributed by atoms with E-state index in [4.69, 9.17) is 9.88 Å². The van der Waals surface area contributed by atoms with Gasteiger partial charge in [0.25, 0.3) is 0 Å². The lowest BCUT2D eigenvalue weighted by Crippen LogP contribution is -2.35. The van der Waals surface area contributed by atoms with Crippen LogP contribution in [0.25, 0.3) is 0 Å². The Morgan fingerprint density at radius 1 is 1.32 bits per heavy atom. The minimum atomic E-state index is -3.72. The molecule has 3 atom stereocenters. The summed E-state index contributed by atoms with van der Waals surface area (Å²) in [5, 5.41) is 4.30. The fourth-order valence-corrected chi connectivity index (χ4v) is 1.98. The van der Waals surface area contributed by atoms with Crippen LogP contribution in [0.1, 0.15) is 44.7 Å². The molecule has 0 aromatic carbocycles. The van der Waals surface area contributed by atoms with Gasteiger partial charge in [0, 0.05) is 12.4 Å². The predicted molar refractivity (Wildman–Crippen MR) is 72.9 cm³/mol. The van der Waals surface area contributed by atoms with Gasteiger partial charge >= 0.3 is 0 Å². The van der Waals surface area contributed by atoms with Gasteiger partial charge in [-0.05, 0) is 32.8 Å². The fourth-order valence-electron chi connectivity index (χ4n) is 1.45. The predicted octanol–water partition coefficient (Wildman–Crippen LogP) is 1.32. The van der Waals surface area contributed by atoms with Gasteiger partial charge in [0.15, 0.2) is 5.82 Å². The maximum atomic E-state index is 11.5. The number of aryl methyl sites for hydroxylation is 1. The molecule has 0 fully saturated rings. The number of hydrogen-bond acceptors (Lipinski definition) is 5. The summed E-state index contributed by atoms with van der Waals surface area (Å²) < 4.78 is 28.8. The second kappa shape index (κ2) is 6.40. The maximum absolute atomic E-state index is 11.5. The number of aromatic nitrogens is 2. The first-order chi connectivity index (χ1) is 8.75. The molecule has 0 aliphatic heterocycles. The molecule has 6 nitrogen and oxygen atoms in total. The number of nitrogens with zero attached hydrogens (tertiary/aromatic N) is 2. The summed E-state index contributed by atoms with van der Waals surface area (Å²) in [6, 6.07) is 0. The highest BCUT2D eigenvalue weighted by Crippen LogP contribution is 2.24. The van der Waals surface area contributed by atoms with E-state index in [1.165, 1.54) is 6.92 Å². The Bertz CT molecular complexity index is 501. The molecule has 0 radical (unpaired) electrons. The average Bonchev–Trinajstić information content (AvgIpc) is 2.35. The highest BCUT2D eigenvalue weighted by atomic mass is 32.2. The van der Waals surface area contributed by atoms with E-state index in [1.54, 1.807) is 12.4 Å². The third-order valence-corrected chi connectivity index (χ3v) is 4.24. The molecule has 3 unspecified atom stereocenters. The lowest BCUT2D eigenvalue weighted by Gasteiger charge is -2.24. The number of hydrogen-bond donors (Lipinski definition) is 1. The van der Waals surface area contributed by atoms with Crippen LogP contribution in [0.15, 0.2) is 12.4 Å². The van der Waals surface area contributed by atoms with Gasteiger partial charge in [0.1, 0.15) is 11.4 Å². The van der Waals surface area contributed by atoms with Crippen LogP contribution in [-0.2, 0) is 14.8 Å². The van der Waals surface area contributed by atoms with E-state index >= 15 is 0 Å². The van der Waals surface area contributed by atoms with Crippen molar-refractivity contribution >= 4 is 10.0 Å². The Morgan fingerprint density at radius 2 is 1.84 bits per heavy atom. The van der Waals surface area contributed by atoms with Crippen molar-refractivity contribution in [1.82, 2.24) is 9.97 Å². The Hall–Kier alpha value is -1.05. The molecule has 108 valence electrons. The van der Waals surface area contributed by atoms with Gasteiger partial charge in [-0.3, -0.25) is 0 Å². The average molecular weight is 287 g/mol. The molecule has 2 N–H and O–H groups in total. The molecule has 1 heterocycles. The van der Waals surface area contributed by atoms with Crippen molar-refractivity contribution in [3.63, 3.8) is 0 Å². The topological polar surface area (TPSA) is 95.2 Å². The van der Waals surface area contributed by atoms with E-state index in [9.17, 15) is 8.42 Å². The van der Waals surface area contributed by atoms with Crippen molar-refractivity contribution < 1.29 is 13.2 Å². The molecule has 0 bridgehead atoms. The van der Waals surface area contributed by atoms with Crippen molar-refractivity contribution in [2.24, 2.45) is 5.14 Å². The summed E-state index contributed by atoms with van der Waals surface area (Å²) in [7, 11) is -3.72. The summed E-state index contributed by atoms with van der Waals surface area (Å²) >= 11 is 0. The first-order valence-electron chi connectivity index (χ1n) is 6.21. The highest BCUT2D eigenvalue weighted by Gasteiger charge is 2.32. The van der Waals surface area contributed by atoms with Gasteiger partial charge in [0.05, 0.1) is 6.10 Å². The molecule has 1 rings (SSSR count). The summed E-state index contributed by atoms with van der Waals surface area (Å²) in [4.78, 5) is 8.29. The normalized spacial score (nSPS) is 16.9. The largest absolute Gasteiger partial charge is 0.366 e. The van der Waals surface area contributed by atoms with Crippen LogP contribution in [0.3, 0.4) is 0 Å². The van der Waals surface area contributed by atoms with Crippen LogP contribution >= 0.6 is 0 Å². The Morgan fingerprint density at radius 3 is 2.26 bits per heavy atom. The quantitative estimate of drug-likeness (QED) is 0.851. The van der Waals surface area contributed by atoms with Crippen LogP contribution in [0.5, 0.6) is 0 Å².